The van der Waals surface area contributed by atoms with Gasteiger partial charge in [-0.05, 0) is 51.3 Å². The number of benzene rings is 1. The van der Waals surface area contributed by atoms with Crippen LogP contribution in [0.5, 0.6) is 5.75 Å². The highest BCUT2D eigenvalue weighted by Gasteiger charge is 2.31. The molecular formula is C14H19NO4S. The molecule has 0 aliphatic rings. The van der Waals surface area contributed by atoms with Crippen LogP contribution in [-0.4, -0.2) is 34.9 Å². The van der Waals surface area contributed by atoms with Crippen molar-refractivity contribution in [2.75, 3.05) is 6.26 Å². The summed E-state index contributed by atoms with van der Waals surface area (Å²) in [6.07, 6.45) is 1.20. The average Bonchev–Trinajstić information content (AvgIpc) is 2.38. The Hall–Kier alpha value is -1.69. The van der Waals surface area contributed by atoms with E-state index in [9.17, 15) is 9.59 Å². The molecule has 0 radical (unpaired) electrons. The number of carbonyl (C=O) groups excluding carboxylic acids is 1. The Morgan fingerprint density at radius 2 is 1.85 bits per heavy atom. The number of ether oxygens (including phenoxy) is 1. The molecule has 1 amide bonds. The first-order valence-electron chi connectivity index (χ1n) is 6.12. The summed E-state index contributed by atoms with van der Waals surface area (Å²) in [5.41, 5.74) is -1.32. The molecular weight excluding hydrogens is 278 g/mol. The minimum Gasteiger partial charge on any atom is -0.481 e. The largest absolute Gasteiger partial charge is 0.481 e. The summed E-state index contributed by atoms with van der Waals surface area (Å²) in [5.74, 6) is -0.993. The van der Waals surface area contributed by atoms with Crippen molar-refractivity contribution in [2.24, 2.45) is 0 Å². The number of hydrogen-bond acceptors (Lipinski definition) is 4. The summed E-state index contributed by atoms with van der Waals surface area (Å²) >= 11 is 1.61. The van der Waals surface area contributed by atoms with Crippen LogP contribution in [0.15, 0.2) is 29.2 Å². The fourth-order valence-corrected chi connectivity index (χ4v) is 1.78. The Morgan fingerprint density at radius 3 is 2.30 bits per heavy atom. The molecule has 1 aromatic carbocycles. The molecule has 5 nitrogen and oxygen atoms in total. The number of amides is 1. The highest BCUT2D eigenvalue weighted by atomic mass is 32.2. The minimum atomic E-state index is -1.32. The van der Waals surface area contributed by atoms with Crippen molar-refractivity contribution in [3.05, 3.63) is 24.3 Å². The van der Waals surface area contributed by atoms with Crippen molar-refractivity contribution in [3.63, 3.8) is 0 Å². The Kier molecular flexibility index (Phi) is 5.44. The van der Waals surface area contributed by atoms with Crippen LogP contribution in [0.1, 0.15) is 20.8 Å². The zero-order chi connectivity index (χ0) is 15.3. The fraction of sp³-hybridized carbons (Fsp3) is 0.429. The van der Waals surface area contributed by atoms with E-state index in [1.165, 1.54) is 13.8 Å². The molecule has 110 valence electrons. The topological polar surface area (TPSA) is 75.6 Å². The zero-order valence-electron chi connectivity index (χ0n) is 12.0. The molecule has 0 aliphatic carbocycles. The molecule has 1 aromatic rings. The molecule has 1 unspecified atom stereocenters. The van der Waals surface area contributed by atoms with Crippen molar-refractivity contribution in [2.45, 2.75) is 37.3 Å². The van der Waals surface area contributed by atoms with Crippen LogP contribution in [0.2, 0.25) is 0 Å². The maximum absolute atomic E-state index is 11.9. The van der Waals surface area contributed by atoms with Gasteiger partial charge in [0, 0.05) is 4.90 Å². The Labute approximate surface area is 122 Å². The van der Waals surface area contributed by atoms with Crippen LogP contribution in [0, 0.1) is 0 Å². The lowest BCUT2D eigenvalue weighted by molar-refractivity contribution is -0.147. The first-order valence-corrected chi connectivity index (χ1v) is 7.35. The second-order valence-corrected chi connectivity index (χ2v) is 5.73. The van der Waals surface area contributed by atoms with Crippen LogP contribution in [-0.2, 0) is 9.59 Å². The quantitative estimate of drug-likeness (QED) is 0.787. The van der Waals surface area contributed by atoms with Crippen LogP contribution in [0.3, 0.4) is 0 Å². The smallest absolute Gasteiger partial charge is 0.328 e. The number of hydrogen-bond donors (Lipinski definition) is 2. The first kappa shape index (κ1) is 16.4. The van der Waals surface area contributed by atoms with E-state index in [4.69, 9.17) is 9.84 Å². The standard InChI is InChI=1S/C14H19NO4S/c1-9(12(16)15-14(2,3)13(17)18)19-10-5-7-11(20-4)8-6-10/h5-9H,1-4H3,(H,15,16)(H,17,18). The van der Waals surface area contributed by atoms with Gasteiger partial charge < -0.3 is 15.2 Å². The number of aliphatic carboxylic acids is 1. The van der Waals surface area contributed by atoms with Gasteiger partial charge in [0.15, 0.2) is 6.10 Å². The normalized spacial score (nSPS) is 12.6. The van der Waals surface area contributed by atoms with Gasteiger partial charge in [0.25, 0.3) is 5.91 Å². The number of rotatable bonds is 6. The van der Waals surface area contributed by atoms with Crippen LogP contribution >= 0.6 is 11.8 Å². The average molecular weight is 297 g/mol. The predicted octanol–water partition coefficient (Wildman–Crippen LogP) is 2.16. The molecule has 0 heterocycles. The van der Waals surface area contributed by atoms with Gasteiger partial charge in [0.1, 0.15) is 11.3 Å². The Balaban J connectivity index is 2.63. The maximum atomic E-state index is 11.9. The molecule has 1 rings (SSSR count). The number of thioether (sulfide) groups is 1. The van der Waals surface area contributed by atoms with E-state index < -0.39 is 23.5 Å². The van der Waals surface area contributed by atoms with E-state index in [1.54, 1.807) is 30.8 Å². The van der Waals surface area contributed by atoms with Crippen LogP contribution < -0.4 is 10.1 Å². The van der Waals surface area contributed by atoms with Crippen LogP contribution in [0.4, 0.5) is 0 Å². The van der Waals surface area contributed by atoms with Gasteiger partial charge in [0.2, 0.25) is 0 Å². The Morgan fingerprint density at radius 1 is 1.30 bits per heavy atom. The van der Waals surface area contributed by atoms with Gasteiger partial charge >= 0.3 is 5.97 Å². The molecule has 0 bridgehead atoms. The van der Waals surface area contributed by atoms with E-state index >= 15 is 0 Å². The number of carboxylic acids is 1. The van der Waals surface area contributed by atoms with Crippen LogP contribution in [0.25, 0.3) is 0 Å². The molecule has 0 saturated carbocycles. The van der Waals surface area contributed by atoms with E-state index in [0.29, 0.717) is 5.75 Å². The Bertz CT molecular complexity index is 484. The monoisotopic (exact) mass is 297 g/mol. The van der Waals surface area contributed by atoms with Crippen molar-refractivity contribution >= 4 is 23.6 Å². The predicted molar refractivity (Wildman–Crippen MR) is 78.2 cm³/mol. The SMILES string of the molecule is CSc1ccc(OC(C)C(=O)NC(C)(C)C(=O)O)cc1. The van der Waals surface area contributed by atoms with E-state index in [1.807, 2.05) is 18.4 Å². The van der Waals surface area contributed by atoms with E-state index in [2.05, 4.69) is 5.32 Å². The third-order valence-electron chi connectivity index (χ3n) is 2.71. The molecule has 0 fully saturated rings. The molecule has 0 saturated heterocycles. The highest BCUT2D eigenvalue weighted by molar-refractivity contribution is 7.98. The minimum absolute atomic E-state index is 0.466. The summed E-state index contributed by atoms with van der Waals surface area (Å²) in [5, 5.41) is 11.4. The maximum Gasteiger partial charge on any atom is 0.328 e. The fourth-order valence-electron chi connectivity index (χ4n) is 1.38. The van der Waals surface area contributed by atoms with E-state index in [-0.39, 0.29) is 0 Å². The lowest BCUT2D eigenvalue weighted by Crippen LogP contribution is -2.53. The summed E-state index contributed by atoms with van der Waals surface area (Å²) in [6.45, 7) is 4.43. The lowest BCUT2D eigenvalue weighted by Gasteiger charge is -2.23. The van der Waals surface area contributed by atoms with Crippen molar-refractivity contribution in [1.82, 2.24) is 5.32 Å². The summed E-state index contributed by atoms with van der Waals surface area (Å²) < 4.78 is 5.49. The third kappa shape index (κ3) is 4.45. The molecule has 0 aliphatic heterocycles. The number of carbonyl (C=O) groups is 2. The van der Waals surface area contributed by atoms with Gasteiger partial charge in [-0.15, -0.1) is 11.8 Å². The molecule has 2 N–H and O–H groups in total. The molecule has 1 atom stereocenters. The summed E-state index contributed by atoms with van der Waals surface area (Å²) in [7, 11) is 0. The first-order chi connectivity index (χ1) is 9.26. The highest BCUT2D eigenvalue weighted by Crippen LogP contribution is 2.20. The van der Waals surface area contributed by atoms with Gasteiger partial charge in [-0.1, -0.05) is 0 Å². The second kappa shape index (κ2) is 6.65. The third-order valence-corrected chi connectivity index (χ3v) is 3.46. The van der Waals surface area contributed by atoms with Gasteiger partial charge in [-0.3, -0.25) is 4.79 Å². The van der Waals surface area contributed by atoms with Gasteiger partial charge in [-0.25, -0.2) is 4.79 Å². The summed E-state index contributed by atoms with van der Waals surface area (Å²) in [6, 6.07) is 7.34. The molecule has 0 aromatic heterocycles. The lowest BCUT2D eigenvalue weighted by atomic mass is 10.1. The van der Waals surface area contributed by atoms with Gasteiger partial charge in [-0.2, -0.15) is 0 Å². The molecule has 20 heavy (non-hydrogen) atoms. The number of carboxylic acid groups (broad SMARTS) is 1. The summed E-state index contributed by atoms with van der Waals surface area (Å²) in [4.78, 5) is 23.9. The van der Waals surface area contributed by atoms with Crippen molar-refractivity contribution < 1.29 is 19.4 Å². The van der Waals surface area contributed by atoms with Gasteiger partial charge in [0.05, 0.1) is 0 Å². The molecule has 0 spiro atoms. The zero-order valence-corrected chi connectivity index (χ0v) is 12.8. The molecule has 6 heteroatoms. The number of nitrogens with one attached hydrogen (secondary N) is 1. The van der Waals surface area contributed by atoms with Crippen molar-refractivity contribution in [3.8, 4) is 5.75 Å². The van der Waals surface area contributed by atoms with Crippen molar-refractivity contribution in [1.29, 1.82) is 0 Å². The second-order valence-electron chi connectivity index (χ2n) is 4.86. The van der Waals surface area contributed by atoms with E-state index in [0.717, 1.165) is 4.90 Å².